The van der Waals surface area contributed by atoms with Crippen LogP contribution in [0.3, 0.4) is 0 Å². The summed E-state index contributed by atoms with van der Waals surface area (Å²) in [6.07, 6.45) is -0.0176. The van der Waals surface area contributed by atoms with Gasteiger partial charge in [-0.1, -0.05) is 29.8 Å². The van der Waals surface area contributed by atoms with Crippen LogP contribution in [-0.2, 0) is 11.4 Å². The fourth-order valence-electron chi connectivity index (χ4n) is 4.11. The monoisotopic (exact) mass is 480 g/mol. The van der Waals surface area contributed by atoms with E-state index in [9.17, 15) is 14.0 Å². The fraction of sp³-hybridized carbons (Fsp3) is 0.154. The lowest BCUT2D eigenvalue weighted by molar-refractivity contribution is -0.135. The van der Waals surface area contributed by atoms with Crippen LogP contribution in [0.1, 0.15) is 29.0 Å². The molecular weight excluding hydrogens is 463 g/mol. The van der Waals surface area contributed by atoms with E-state index in [-0.39, 0.29) is 23.8 Å². The Kier molecular flexibility index (Phi) is 5.71. The predicted octanol–water partition coefficient (Wildman–Crippen LogP) is 5.61. The standard InChI is InChI=1S/C26H18ClFO6/c1-31-21-9-6-14(10-15(21)13-32-16-7-8-20(28)19(27)11-16)18-12-23(29)34-25-17-4-2-3-5-22(17)33-26(30)24(18)25/h2-11,18H,12-13H2,1H3/t18-/m0/s1. The molecule has 1 aromatic heterocycles. The molecule has 0 saturated carbocycles. The maximum Gasteiger partial charge on any atom is 0.343 e. The van der Waals surface area contributed by atoms with Gasteiger partial charge in [-0.2, -0.15) is 0 Å². The van der Waals surface area contributed by atoms with Gasteiger partial charge in [-0.3, -0.25) is 4.79 Å². The minimum atomic E-state index is -0.568. The second-order valence-electron chi connectivity index (χ2n) is 7.80. The molecule has 0 spiro atoms. The number of hydrogen-bond donors (Lipinski definition) is 0. The zero-order chi connectivity index (χ0) is 23.8. The molecule has 2 heterocycles. The molecule has 4 aromatic rings. The van der Waals surface area contributed by atoms with Crippen LogP contribution in [-0.4, -0.2) is 13.1 Å². The van der Waals surface area contributed by atoms with Crippen molar-refractivity contribution in [3.05, 3.63) is 98.6 Å². The van der Waals surface area contributed by atoms with E-state index in [0.717, 1.165) is 0 Å². The number of carbonyl (C=O) groups excluding carboxylic acids is 1. The van der Waals surface area contributed by atoms with Gasteiger partial charge in [-0.05, 0) is 42.0 Å². The van der Waals surface area contributed by atoms with Crippen LogP contribution in [0.5, 0.6) is 17.2 Å². The molecule has 0 amide bonds. The highest BCUT2D eigenvalue weighted by Crippen LogP contribution is 2.41. The first-order valence-electron chi connectivity index (χ1n) is 10.5. The Balaban J connectivity index is 1.54. The first-order valence-corrected chi connectivity index (χ1v) is 10.8. The maximum absolute atomic E-state index is 13.4. The summed E-state index contributed by atoms with van der Waals surface area (Å²) in [6.45, 7) is 0.0926. The van der Waals surface area contributed by atoms with Gasteiger partial charge in [0.1, 0.15) is 29.5 Å². The number of halogens is 2. The van der Waals surface area contributed by atoms with Crippen molar-refractivity contribution in [2.75, 3.05) is 7.11 Å². The quantitative estimate of drug-likeness (QED) is 0.273. The number of hydrogen-bond acceptors (Lipinski definition) is 6. The van der Waals surface area contributed by atoms with E-state index in [1.165, 1.54) is 25.3 Å². The van der Waals surface area contributed by atoms with Gasteiger partial charge in [0, 0.05) is 17.5 Å². The minimum absolute atomic E-state index is 0.0176. The van der Waals surface area contributed by atoms with Gasteiger partial charge in [-0.25, -0.2) is 9.18 Å². The Morgan fingerprint density at radius 1 is 1.09 bits per heavy atom. The molecule has 0 fully saturated rings. The molecule has 6 nitrogen and oxygen atoms in total. The number of esters is 1. The Bertz CT molecular complexity index is 1480. The van der Waals surface area contributed by atoms with Gasteiger partial charge in [0.15, 0.2) is 5.75 Å². The van der Waals surface area contributed by atoms with Crippen LogP contribution < -0.4 is 19.8 Å². The molecular formula is C26H18ClFO6. The van der Waals surface area contributed by atoms with Crippen molar-refractivity contribution in [3.8, 4) is 17.2 Å². The molecule has 0 radical (unpaired) electrons. The number of fused-ring (bicyclic) bond motifs is 3. The normalized spacial score (nSPS) is 15.0. The van der Waals surface area contributed by atoms with Crippen molar-refractivity contribution in [1.29, 1.82) is 0 Å². The Morgan fingerprint density at radius 3 is 2.71 bits per heavy atom. The summed E-state index contributed by atoms with van der Waals surface area (Å²) in [7, 11) is 1.53. The molecule has 1 aliphatic rings. The molecule has 0 unspecified atom stereocenters. The summed E-state index contributed by atoms with van der Waals surface area (Å²) in [4.78, 5) is 25.4. The highest BCUT2D eigenvalue weighted by molar-refractivity contribution is 6.30. The molecule has 0 saturated heterocycles. The van der Waals surface area contributed by atoms with Crippen molar-refractivity contribution in [3.63, 3.8) is 0 Å². The second kappa shape index (κ2) is 8.83. The van der Waals surface area contributed by atoms with Crippen molar-refractivity contribution < 1.29 is 27.8 Å². The lowest BCUT2D eigenvalue weighted by atomic mass is 9.86. The molecule has 3 aromatic carbocycles. The van der Waals surface area contributed by atoms with E-state index in [1.54, 1.807) is 36.4 Å². The lowest BCUT2D eigenvalue weighted by Gasteiger charge is -2.25. The molecule has 0 aliphatic carbocycles. The van der Waals surface area contributed by atoms with Crippen molar-refractivity contribution in [2.24, 2.45) is 0 Å². The largest absolute Gasteiger partial charge is 0.496 e. The zero-order valence-electron chi connectivity index (χ0n) is 18.0. The summed E-state index contributed by atoms with van der Waals surface area (Å²) >= 11 is 5.84. The Labute approximate surface area is 198 Å². The number of carbonyl (C=O) groups is 1. The van der Waals surface area contributed by atoms with Gasteiger partial charge < -0.3 is 18.6 Å². The van der Waals surface area contributed by atoms with Crippen LogP contribution in [0.15, 0.2) is 69.9 Å². The van der Waals surface area contributed by atoms with Gasteiger partial charge in [0.2, 0.25) is 0 Å². The zero-order valence-corrected chi connectivity index (χ0v) is 18.7. The third kappa shape index (κ3) is 3.99. The van der Waals surface area contributed by atoms with E-state index < -0.39 is 23.3 Å². The first-order chi connectivity index (χ1) is 16.4. The summed E-state index contributed by atoms with van der Waals surface area (Å²) < 4.78 is 35.7. The van der Waals surface area contributed by atoms with Crippen LogP contribution >= 0.6 is 11.6 Å². The summed E-state index contributed by atoms with van der Waals surface area (Å²) in [5.74, 6) is -0.381. The van der Waals surface area contributed by atoms with Crippen molar-refractivity contribution in [1.82, 2.24) is 0 Å². The van der Waals surface area contributed by atoms with Gasteiger partial charge in [-0.15, -0.1) is 0 Å². The van der Waals surface area contributed by atoms with E-state index >= 15 is 0 Å². The average Bonchev–Trinajstić information content (AvgIpc) is 2.84. The van der Waals surface area contributed by atoms with Crippen LogP contribution in [0.4, 0.5) is 4.39 Å². The van der Waals surface area contributed by atoms with Gasteiger partial charge in [0.25, 0.3) is 0 Å². The number of para-hydroxylation sites is 1. The number of benzene rings is 3. The highest BCUT2D eigenvalue weighted by Gasteiger charge is 2.34. The number of methoxy groups -OCH3 is 1. The van der Waals surface area contributed by atoms with Crippen LogP contribution in [0.2, 0.25) is 5.02 Å². The van der Waals surface area contributed by atoms with E-state index in [4.69, 9.17) is 30.2 Å². The lowest BCUT2D eigenvalue weighted by Crippen LogP contribution is -2.26. The topological polar surface area (TPSA) is 75.0 Å². The first kappa shape index (κ1) is 22.0. The summed E-state index contributed by atoms with van der Waals surface area (Å²) in [6, 6.07) is 16.3. The molecule has 5 rings (SSSR count). The van der Waals surface area contributed by atoms with Gasteiger partial charge >= 0.3 is 11.6 Å². The van der Waals surface area contributed by atoms with Crippen molar-refractivity contribution >= 4 is 28.5 Å². The van der Waals surface area contributed by atoms with Crippen molar-refractivity contribution in [2.45, 2.75) is 18.9 Å². The predicted molar refractivity (Wildman–Crippen MR) is 123 cm³/mol. The molecule has 8 heteroatoms. The van der Waals surface area contributed by atoms with Crippen LogP contribution in [0.25, 0.3) is 11.0 Å². The van der Waals surface area contributed by atoms with Crippen LogP contribution in [0, 0.1) is 5.82 Å². The smallest absolute Gasteiger partial charge is 0.343 e. The second-order valence-corrected chi connectivity index (χ2v) is 8.20. The molecule has 34 heavy (non-hydrogen) atoms. The van der Waals surface area contributed by atoms with E-state index in [0.29, 0.717) is 39.2 Å². The third-order valence-electron chi connectivity index (χ3n) is 5.73. The maximum atomic E-state index is 13.4. The van der Waals surface area contributed by atoms with E-state index in [1.807, 2.05) is 6.07 Å². The van der Waals surface area contributed by atoms with Gasteiger partial charge in [0.05, 0.1) is 29.5 Å². The fourth-order valence-corrected chi connectivity index (χ4v) is 4.28. The molecule has 0 N–H and O–H groups in total. The SMILES string of the molecule is COc1ccc([C@@H]2CC(=O)Oc3c2c(=O)oc2ccccc32)cc1COc1ccc(F)c(Cl)c1. The third-order valence-corrected chi connectivity index (χ3v) is 6.02. The number of rotatable bonds is 5. The highest BCUT2D eigenvalue weighted by atomic mass is 35.5. The molecule has 172 valence electrons. The Morgan fingerprint density at radius 2 is 1.91 bits per heavy atom. The Hall–Kier alpha value is -3.84. The summed E-state index contributed by atoms with van der Waals surface area (Å²) in [5.41, 5.74) is 1.46. The average molecular weight is 481 g/mol. The van der Waals surface area contributed by atoms with E-state index in [2.05, 4.69) is 0 Å². The number of ether oxygens (including phenoxy) is 3. The molecule has 1 atom stereocenters. The summed E-state index contributed by atoms with van der Waals surface area (Å²) in [5, 5.41) is 0.509. The minimum Gasteiger partial charge on any atom is -0.496 e. The molecule has 0 bridgehead atoms. The molecule has 1 aliphatic heterocycles.